The van der Waals surface area contributed by atoms with Crippen LogP contribution in [0, 0.1) is 17.1 Å². The minimum absolute atomic E-state index is 0.0906. The lowest BCUT2D eigenvalue weighted by Crippen LogP contribution is -2.00. The van der Waals surface area contributed by atoms with Gasteiger partial charge in [0.05, 0.1) is 24.3 Å². The van der Waals surface area contributed by atoms with Gasteiger partial charge in [0.25, 0.3) is 0 Å². The van der Waals surface area contributed by atoms with Gasteiger partial charge in [-0.05, 0) is 24.3 Å². The van der Waals surface area contributed by atoms with Crippen LogP contribution in [0.25, 0.3) is 22.4 Å². The maximum Gasteiger partial charge on any atom is 0.146 e. The summed E-state index contributed by atoms with van der Waals surface area (Å²) in [5.41, 5.74) is 1.73. The van der Waals surface area contributed by atoms with Crippen molar-refractivity contribution in [3.05, 3.63) is 48.3 Å². The first-order chi connectivity index (χ1) is 10.3. The minimum Gasteiger partial charge on any atom is -0.494 e. The maximum absolute atomic E-state index is 14.0. The Morgan fingerprint density at radius 3 is 2.76 bits per heavy atom. The zero-order valence-corrected chi connectivity index (χ0v) is 11.4. The van der Waals surface area contributed by atoms with E-state index in [9.17, 15) is 4.39 Å². The van der Waals surface area contributed by atoms with E-state index in [-0.39, 0.29) is 12.4 Å². The molecule has 1 heterocycles. The van der Waals surface area contributed by atoms with Gasteiger partial charge in [-0.2, -0.15) is 5.26 Å². The molecule has 0 saturated carbocycles. The fourth-order valence-electron chi connectivity index (χ4n) is 2.36. The number of para-hydroxylation sites is 1. The molecule has 104 valence electrons. The Balaban J connectivity index is 2.35. The largest absolute Gasteiger partial charge is 0.494 e. The molecule has 0 atom stereocenters. The lowest BCUT2D eigenvalue weighted by molar-refractivity contribution is 0.419. The van der Waals surface area contributed by atoms with Crippen LogP contribution in [-0.2, 0) is 6.54 Å². The number of benzene rings is 2. The smallest absolute Gasteiger partial charge is 0.146 e. The third-order valence-electron chi connectivity index (χ3n) is 3.31. The highest BCUT2D eigenvalue weighted by molar-refractivity contribution is 5.86. The number of aromatic nitrogens is 2. The van der Waals surface area contributed by atoms with E-state index in [0.717, 1.165) is 5.52 Å². The van der Waals surface area contributed by atoms with E-state index >= 15 is 0 Å². The van der Waals surface area contributed by atoms with Crippen LogP contribution in [-0.4, -0.2) is 16.7 Å². The highest BCUT2D eigenvalue weighted by atomic mass is 19.1. The number of ether oxygens (including phenoxy) is 1. The van der Waals surface area contributed by atoms with E-state index in [2.05, 4.69) is 11.1 Å². The monoisotopic (exact) mass is 281 g/mol. The number of fused-ring (bicyclic) bond motifs is 1. The average Bonchev–Trinajstić information content (AvgIpc) is 2.87. The molecule has 3 aromatic rings. The predicted octanol–water partition coefficient (Wildman–Crippen LogP) is 3.37. The van der Waals surface area contributed by atoms with Crippen LogP contribution < -0.4 is 4.74 Å². The number of rotatable bonds is 3. The number of halogens is 1. The van der Waals surface area contributed by atoms with Gasteiger partial charge in [0.1, 0.15) is 29.5 Å². The van der Waals surface area contributed by atoms with Crippen LogP contribution in [0.5, 0.6) is 5.75 Å². The lowest BCUT2D eigenvalue weighted by Gasteiger charge is -2.05. The molecule has 0 aliphatic carbocycles. The van der Waals surface area contributed by atoms with E-state index in [4.69, 9.17) is 10.00 Å². The molecule has 5 heteroatoms. The van der Waals surface area contributed by atoms with Gasteiger partial charge in [0, 0.05) is 0 Å². The molecule has 0 spiro atoms. The Hall–Kier alpha value is -2.87. The summed E-state index contributed by atoms with van der Waals surface area (Å²) in [6, 6.07) is 13.9. The van der Waals surface area contributed by atoms with Crippen molar-refractivity contribution in [1.29, 1.82) is 5.26 Å². The first kappa shape index (κ1) is 13.1. The molecule has 0 amide bonds. The SMILES string of the molecule is COc1cccc2c1nc(-c1ccccc1F)n2CC#N. The second kappa shape index (κ2) is 5.25. The molecule has 2 aromatic carbocycles. The standard InChI is InChI=1S/C16H12FN3O/c1-21-14-8-4-7-13-15(14)19-16(20(13)10-9-18)11-5-2-3-6-12(11)17/h2-8H,10H2,1H3. The van der Waals surface area contributed by atoms with Crippen LogP contribution in [0.15, 0.2) is 42.5 Å². The molecule has 0 radical (unpaired) electrons. The zero-order valence-electron chi connectivity index (χ0n) is 11.4. The average molecular weight is 281 g/mol. The Morgan fingerprint density at radius 1 is 1.24 bits per heavy atom. The van der Waals surface area contributed by atoms with Crippen molar-refractivity contribution in [1.82, 2.24) is 9.55 Å². The fourth-order valence-corrected chi connectivity index (χ4v) is 2.36. The molecular weight excluding hydrogens is 269 g/mol. The molecule has 4 nitrogen and oxygen atoms in total. The number of hydrogen-bond acceptors (Lipinski definition) is 3. The van der Waals surface area contributed by atoms with Crippen molar-refractivity contribution in [3.8, 4) is 23.2 Å². The van der Waals surface area contributed by atoms with Crippen LogP contribution >= 0.6 is 0 Å². The molecule has 21 heavy (non-hydrogen) atoms. The molecule has 0 N–H and O–H groups in total. The van der Waals surface area contributed by atoms with Gasteiger partial charge in [0.2, 0.25) is 0 Å². The van der Waals surface area contributed by atoms with Crippen LogP contribution in [0.4, 0.5) is 4.39 Å². The van der Waals surface area contributed by atoms with E-state index in [1.54, 1.807) is 35.9 Å². The summed E-state index contributed by atoms with van der Waals surface area (Å²) in [6.07, 6.45) is 0. The predicted molar refractivity (Wildman–Crippen MR) is 77.3 cm³/mol. The van der Waals surface area contributed by atoms with Crippen molar-refractivity contribution in [2.75, 3.05) is 7.11 Å². The van der Waals surface area contributed by atoms with Gasteiger partial charge in [0.15, 0.2) is 0 Å². The summed E-state index contributed by atoms with van der Waals surface area (Å²) >= 11 is 0. The summed E-state index contributed by atoms with van der Waals surface area (Å²) in [7, 11) is 1.56. The molecule has 0 saturated heterocycles. The van der Waals surface area contributed by atoms with Gasteiger partial charge in [-0.25, -0.2) is 9.37 Å². The van der Waals surface area contributed by atoms with Crippen molar-refractivity contribution in [2.24, 2.45) is 0 Å². The van der Waals surface area contributed by atoms with E-state index in [1.165, 1.54) is 6.07 Å². The third-order valence-corrected chi connectivity index (χ3v) is 3.31. The number of imidazole rings is 1. The first-order valence-corrected chi connectivity index (χ1v) is 6.41. The molecule has 0 aliphatic rings. The van der Waals surface area contributed by atoms with Crippen LogP contribution in [0.2, 0.25) is 0 Å². The molecule has 0 bridgehead atoms. The highest BCUT2D eigenvalue weighted by Crippen LogP contribution is 2.31. The number of methoxy groups -OCH3 is 1. The summed E-state index contributed by atoms with van der Waals surface area (Å²) in [4.78, 5) is 4.48. The quantitative estimate of drug-likeness (QED) is 0.739. The zero-order chi connectivity index (χ0) is 14.8. The van der Waals surface area contributed by atoms with Crippen molar-refractivity contribution >= 4 is 11.0 Å². The number of nitrogens with zero attached hydrogens (tertiary/aromatic N) is 3. The summed E-state index contributed by atoms with van der Waals surface area (Å²) in [5.74, 6) is 0.655. The highest BCUT2D eigenvalue weighted by Gasteiger charge is 2.17. The van der Waals surface area contributed by atoms with Gasteiger partial charge in [-0.1, -0.05) is 18.2 Å². The van der Waals surface area contributed by atoms with E-state index < -0.39 is 0 Å². The molecule has 0 unspecified atom stereocenters. The molecule has 0 fully saturated rings. The molecule has 3 rings (SSSR count). The minimum atomic E-state index is -0.369. The number of nitriles is 1. The topological polar surface area (TPSA) is 50.8 Å². The summed E-state index contributed by atoms with van der Waals surface area (Å²) in [5, 5.41) is 9.04. The van der Waals surface area contributed by atoms with Crippen LogP contribution in [0.1, 0.15) is 0 Å². The van der Waals surface area contributed by atoms with E-state index in [0.29, 0.717) is 22.7 Å². The Morgan fingerprint density at radius 2 is 2.05 bits per heavy atom. The molecular formula is C16H12FN3O. The lowest BCUT2D eigenvalue weighted by atomic mass is 10.2. The Kier molecular flexibility index (Phi) is 3.28. The third kappa shape index (κ3) is 2.11. The fraction of sp³-hybridized carbons (Fsp3) is 0.125. The van der Waals surface area contributed by atoms with Crippen molar-refractivity contribution < 1.29 is 9.13 Å². The second-order valence-electron chi connectivity index (χ2n) is 4.49. The van der Waals surface area contributed by atoms with E-state index in [1.807, 2.05) is 12.1 Å². The van der Waals surface area contributed by atoms with Gasteiger partial charge >= 0.3 is 0 Å². The Bertz CT molecular complexity index is 848. The van der Waals surface area contributed by atoms with Gasteiger partial charge < -0.3 is 9.30 Å². The second-order valence-corrected chi connectivity index (χ2v) is 4.49. The Labute approximate surface area is 121 Å². The molecule has 0 aliphatic heterocycles. The summed E-state index contributed by atoms with van der Waals surface area (Å²) in [6.45, 7) is 0.0906. The maximum atomic E-state index is 14.0. The first-order valence-electron chi connectivity index (χ1n) is 6.41. The summed E-state index contributed by atoms with van der Waals surface area (Å²) < 4.78 is 21.0. The normalized spacial score (nSPS) is 10.5. The van der Waals surface area contributed by atoms with Crippen molar-refractivity contribution in [2.45, 2.75) is 6.54 Å². The van der Waals surface area contributed by atoms with Crippen molar-refractivity contribution in [3.63, 3.8) is 0 Å². The number of hydrogen-bond donors (Lipinski definition) is 0. The van der Waals surface area contributed by atoms with Gasteiger partial charge in [-0.15, -0.1) is 0 Å². The van der Waals surface area contributed by atoms with Crippen LogP contribution in [0.3, 0.4) is 0 Å². The molecule has 1 aromatic heterocycles. The van der Waals surface area contributed by atoms with Gasteiger partial charge in [-0.3, -0.25) is 0 Å².